The number of benzene rings is 1. The van der Waals surface area contributed by atoms with Crippen LogP contribution in [0, 0.1) is 0 Å². The molecule has 2 heteroatoms. The van der Waals surface area contributed by atoms with Crippen LogP contribution in [0.3, 0.4) is 0 Å². The number of epoxide rings is 1. The number of unbranched alkanes of at least 4 members (excludes halogenated alkanes) is 10. The van der Waals surface area contributed by atoms with Gasteiger partial charge in [-0.2, -0.15) is 0 Å². The summed E-state index contributed by atoms with van der Waals surface area (Å²) >= 11 is 0. The molecule has 1 aromatic carbocycles. The maximum atomic E-state index is 5.75. The van der Waals surface area contributed by atoms with Crippen LogP contribution in [-0.2, 0) is 11.2 Å². The molecule has 0 radical (unpaired) electrons. The maximum Gasteiger partial charge on any atom is 0.119 e. The van der Waals surface area contributed by atoms with Gasteiger partial charge < -0.3 is 9.47 Å². The predicted octanol–water partition coefficient (Wildman–Crippen LogP) is 6.48. The van der Waals surface area contributed by atoms with E-state index in [9.17, 15) is 0 Å². The van der Waals surface area contributed by atoms with Crippen molar-refractivity contribution in [1.29, 1.82) is 0 Å². The molecule has 2 rings (SSSR count). The van der Waals surface area contributed by atoms with Crippen LogP contribution in [0.15, 0.2) is 36.9 Å². The minimum atomic E-state index is 0.329. The molecule has 0 spiro atoms. The predicted molar refractivity (Wildman–Crippen MR) is 106 cm³/mol. The Kier molecular flexibility index (Phi) is 10.4. The van der Waals surface area contributed by atoms with Crippen molar-refractivity contribution >= 4 is 0 Å². The van der Waals surface area contributed by atoms with Gasteiger partial charge in [-0.25, -0.2) is 0 Å². The third-order valence-electron chi connectivity index (χ3n) is 4.86. The quantitative estimate of drug-likeness (QED) is 0.194. The zero-order valence-corrected chi connectivity index (χ0v) is 15.9. The first kappa shape index (κ1) is 20.0. The fourth-order valence-electron chi connectivity index (χ4n) is 3.18. The minimum absolute atomic E-state index is 0.329. The van der Waals surface area contributed by atoms with Gasteiger partial charge in [0.05, 0.1) is 6.61 Å². The van der Waals surface area contributed by atoms with Gasteiger partial charge in [0.1, 0.15) is 18.5 Å². The molecule has 1 aromatic rings. The summed E-state index contributed by atoms with van der Waals surface area (Å²) in [7, 11) is 0. The summed E-state index contributed by atoms with van der Waals surface area (Å²) in [6.07, 6.45) is 18.5. The van der Waals surface area contributed by atoms with Crippen molar-refractivity contribution in [3.05, 3.63) is 42.5 Å². The number of hydrogen-bond donors (Lipinski definition) is 0. The molecule has 0 aliphatic carbocycles. The first-order valence-electron chi connectivity index (χ1n) is 10.3. The second-order valence-corrected chi connectivity index (χ2v) is 7.28. The van der Waals surface area contributed by atoms with E-state index in [1.54, 1.807) is 0 Å². The number of hydrogen-bond acceptors (Lipinski definition) is 2. The number of rotatable bonds is 16. The second kappa shape index (κ2) is 13.0. The number of aryl methyl sites for hydroxylation is 1. The highest BCUT2D eigenvalue weighted by Crippen LogP contribution is 2.18. The number of ether oxygens (including phenoxy) is 2. The molecule has 0 saturated carbocycles. The Labute approximate surface area is 154 Å². The van der Waals surface area contributed by atoms with E-state index in [1.165, 1.54) is 82.6 Å². The first-order chi connectivity index (χ1) is 12.4. The smallest absolute Gasteiger partial charge is 0.119 e. The van der Waals surface area contributed by atoms with E-state index in [4.69, 9.17) is 9.47 Å². The van der Waals surface area contributed by atoms with Gasteiger partial charge >= 0.3 is 0 Å². The fraction of sp³-hybridized carbons (Fsp3) is 0.652. The lowest BCUT2D eigenvalue weighted by molar-refractivity contribution is 0.263. The Hall–Kier alpha value is -1.28. The molecule has 1 aliphatic rings. The van der Waals surface area contributed by atoms with E-state index in [1.807, 2.05) is 12.1 Å². The topological polar surface area (TPSA) is 21.8 Å². The second-order valence-electron chi connectivity index (χ2n) is 7.28. The summed E-state index contributed by atoms with van der Waals surface area (Å²) in [5, 5.41) is 0. The summed E-state index contributed by atoms with van der Waals surface area (Å²) in [5.74, 6) is 0.987. The molecule has 1 atom stereocenters. The monoisotopic (exact) mass is 344 g/mol. The van der Waals surface area contributed by atoms with Gasteiger partial charge in [-0.3, -0.25) is 0 Å². The van der Waals surface area contributed by atoms with Gasteiger partial charge in [0, 0.05) is 0 Å². The molecule has 0 bridgehead atoms. The first-order valence-corrected chi connectivity index (χ1v) is 10.3. The van der Waals surface area contributed by atoms with E-state index in [0.717, 1.165) is 12.4 Å². The molecular weight excluding hydrogens is 308 g/mol. The third-order valence-corrected chi connectivity index (χ3v) is 4.86. The Balaban J connectivity index is 1.41. The third kappa shape index (κ3) is 10.3. The zero-order chi connectivity index (χ0) is 17.6. The lowest BCUT2D eigenvalue weighted by Gasteiger charge is -2.07. The summed E-state index contributed by atoms with van der Waals surface area (Å²) in [4.78, 5) is 0. The van der Waals surface area contributed by atoms with Crippen LogP contribution in [0.4, 0.5) is 0 Å². The van der Waals surface area contributed by atoms with Crippen molar-refractivity contribution in [2.45, 2.75) is 83.2 Å². The lowest BCUT2D eigenvalue weighted by Crippen LogP contribution is -2.04. The van der Waals surface area contributed by atoms with Crippen molar-refractivity contribution in [2.24, 2.45) is 0 Å². The molecule has 0 amide bonds. The molecule has 140 valence electrons. The number of allylic oxidation sites excluding steroid dienone is 1. The Bertz CT molecular complexity index is 465. The zero-order valence-electron chi connectivity index (χ0n) is 15.9. The largest absolute Gasteiger partial charge is 0.491 e. The summed E-state index contributed by atoms with van der Waals surface area (Å²) in [6.45, 7) is 5.32. The lowest BCUT2D eigenvalue weighted by atomic mass is 10.0. The molecule has 1 saturated heterocycles. The van der Waals surface area contributed by atoms with Crippen LogP contribution in [0.1, 0.15) is 76.2 Å². The van der Waals surface area contributed by atoms with Gasteiger partial charge in [0.2, 0.25) is 0 Å². The van der Waals surface area contributed by atoms with Gasteiger partial charge in [0.15, 0.2) is 0 Å². The van der Waals surface area contributed by atoms with Crippen LogP contribution in [0.2, 0.25) is 0 Å². The normalized spacial score (nSPS) is 15.9. The van der Waals surface area contributed by atoms with E-state index in [2.05, 4.69) is 24.8 Å². The summed E-state index contributed by atoms with van der Waals surface area (Å²) < 4.78 is 10.9. The van der Waals surface area contributed by atoms with E-state index in [0.29, 0.717) is 12.7 Å². The van der Waals surface area contributed by atoms with Crippen LogP contribution in [-0.4, -0.2) is 19.3 Å². The summed E-state index contributed by atoms with van der Waals surface area (Å²) in [5.41, 5.74) is 1.40. The fourth-order valence-corrected chi connectivity index (χ4v) is 3.18. The average molecular weight is 345 g/mol. The van der Waals surface area contributed by atoms with E-state index < -0.39 is 0 Å². The molecule has 1 unspecified atom stereocenters. The summed E-state index contributed by atoms with van der Waals surface area (Å²) in [6, 6.07) is 8.55. The van der Waals surface area contributed by atoms with Gasteiger partial charge in [0.25, 0.3) is 0 Å². The van der Waals surface area contributed by atoms with Crippen molar-refractivity contribution in [2.75, 3.05) is 13.2 Å². The van der Waals surface area contributed by atoms with Crippen molar-refractivity contribution in [3.8, 4) is 5.75 Å². The Morgan fingerprint density at radius 2 is 1.60 bits per heavy atom. The highest BCUT2D eigenvalue weighted by Gasteiger charge is 2.22. The van der Waals surface area contributed by atoms with Crippen LogP contribution in [0.5, 0.6) is 5.75 Å². The van der Waals surface area contributed by atoms with Gasteiger partial charge in [-0.05, 0) is 43.4 Å². The van der Waals surface area contributed by atoms with Gasteiger partial charge in [-0.1, -0.05) is 69.6 Å². The van der Waals surface area contributed by atoms with Crippen molar-refractivity contribution in [3.63, 3.8) is 0 Å². The minimum Gasteiger partial charge on any atom is -0.491 e. The maximum absolute atomic E-state index is 5.75. The van der Waals surface area contributed by atoms with E-state index >= 15 is 0 Å². The Morgan fingerprint density at radius 3 is 2.24 bits per heavy atom. The molecule has 2 nitrogen and oxygen atoms in total. The van der Waals surface area contributed by atoms with Crippen LogP contribution in [0.25, 0.3) is 0 Å². The van der Waals surface area contributed by atoms with Crippen molar-refractivity contribution < 1.29 is 9.47 Å². The van der Waals surface area contributed by atoms with Crippen LogP contribution < -0.4 is 4.74 Å². The van der Waals surface area contributed by atoms with Crippen molar-refractivity contribution in [1.82, 2.24) is 0 Å². The molecule has 1 aliphatic heterocycles. The molecule has 1 fully saturated rings. The molecule has 0 N–H and O–H groups in total. The molecule has 1 heterocycles. The average Bonchev–Trinajstić information content (AvgIpc) is 3.46. The highest BCUT2D eigenvalue weighted by molar-refractivity contribution is 5.28. The SMILES string of the molecule is C=CCCCCCCCCCCCCc1cccc(OCC2CO2)c1. The highest BCUT2D eigenvalue weighted by atomic mass is 16.6. The van der Waals surface area contributed by atoms with Gasteiger partial charge in [-0.15, -0.1) is 6.58 Å². The molecular formula is C23H36O2. The van der Waals surface area contributed by atoms with E-state index in [-0.39, 0.29) is 0 Å². The molecule has 25 heavy (non-hydrogen) atoms. The standard InChI is InChI=1S/C23H36O2/c1-2-3-4-5-6-7-8-9-10-11-12-13-15-21-16-14-17-22(18-21)24-19-23-20-25-23/h2,14,16-18,23H,1,3-13,15,19-20H2. The van der Waals surface area contributed by atoms with Crippen LogP contribution >= 0.6 is 0 Å². The Morgan fingerprint density at radius 1 is 0.960 bits per heavy atom. The molecule has 0 aromatic heterocycles.